The van der Waals surface area contributed by atoms with Crippen molar-refractivity contribution in [2.75, 3.05) is 27.9 Å². The van der Waals surface area contributed by atoms with Gasteiger partial charge >= 0.3 is 0 Å². The van der Waals surface area contributed by atoms with Gasteiger partial charge in [-0.3, -0.25) is 19.2 Å². The molecule has 8 bridgehead atoms. The van der Waals surface area contributed by atoms with E-state index in [1.165, 1.54) is 0 Å². The number of anilines is 4. The Morgan fingerprint density at radius 2 is 0.656 bits per heavy atom. The van der Waals surface area contributed by atoms with Crippen molar-refractivity contribution in [3.63, 3.8) is 0 Å². The molecule has 4 saturated carbocycles. The third kappa shape index (κ3) is 11.7. The van der Waals surface area contributed by atoms with E-state index in [9.17, 15) is 24.3 Å². The SMILES string of the molecule is CC1(C(=O)Nc2ccccc2-c2c3nc(c(-c4ccccc4NC(=O)C4(C)CCCCC4)c4ccc([nH]4)c(-c4ccccc4NC(=O)C4(C)CCCCC4)c4nc(c(-c5ccccc5NC(=O)C5(C)CCCCC5)c5ccc2[nH]5)C=C4CO)C=C3)CCCCC1. The number of rotatable bonds is 13. The third-order valence-electron chi connectivity index (χ3n) is 20.9. The van der Waals surface area contributed by atoms with Gasteiger partial charge in [0.1, 0.15) is 0 Å². The predicted molar refractivity (Wildman–Crippen MR) is 366 cm³/mol. The van der Waals surface area contributed by atoms with E-state index < -0.39 is 21.7 Å². The fourth-order valence-electron chi connectivity index (χ4n) is 15.2. The highest BCUT2D eigenvalue weighted by Crippen LogP contribution is 2.48. The maximum Gasteiger partial charge on any atom is 0.230 e. The van der Waals surface area contributed by atoms with Crippen LogP contribution in [-0.2, 0) is 19.2 Å². The third-order valence-corrected chi connectivity index (χ3v) is 20.9. The summed E-state index contributed by atoms with van der Waals surface area (Å²) in [6.45, 7) is 7.93. The number of aliphatic hydroxyl groups excluding tert-OH is 1. The molecule has 6 aliphatic rings. The van der Waals surface area contributed by atoms with Crippen LogP contribution in [0.2, 0.25) is 0 Å². The zero-order chi connectivity index (χ0) is 62.2. The Hall–Kier alpha value is -8.68. The van der Waals surface area contributed by atoms with Crippen LogP contribution in [0.25, 0.3) is 90.4 Å². The largest absolute Gasteiger partial charge is 0.392 e. The molecular weight excluding hydrogens is 1120 g/mol. The number of hydrogen-bond acceptors (Lipinski definition) is 7. The minimum atomic E-state index is -0.554. The van der Waals surface area contributed by atoms with Crippen molar-refractivity contribution in [2.24, 2.45) is 21.7 Å². The van der Waals surface area contributed by atoms with Crippen molar-refractivity contribution in [3.05, 3.63) is 144 Å². The molecule has 13 nitrogen and oxygen atoms in total. The van der Waals surface area contributed by atoms with Crippen LogP contribution in [0.15, 0.2) is 121 Å². The Kier molecular flexibility index (Phi) is 16.7. The van der Waals surface area contributed by atoms with Crippen LogP contribution in [0.1, 0.15) is 179 Å². The Balaban J connectivity index is 1.12. The van der Waals surface area contributed by atoms with Gasteiger partial charge in [0, 0.05) is 117 Å². The number of para-hydroxylation sites is 4. The molecule has 462 valence electrons. The molecule has 4 aliphatic carbocycles. The first kappa shape index (κ1) is 60.2. The summed E-state index contributed by atoms with van der Waals surface area (Å²) >= 11 is 0. The zero-order valence-electron chi connectivity index (χ0n) is 52.6. The molecule has 2 aliphatic heterocycles. The maximum atomic E-state index is 14.7. The monoisotopic (exact) mass is 1200 g/mol. The zero-order valence-corrected chi connectivity index (χ0v) is 52.6. The molecule has 7 aromatic rings. The van der Waals surface area contributed by atoms with E-state index in [2.05, 4.69) is 58.9 Å². The molecule has 4 fully saturated rings. The predicted octanol–water partition coefficient (Wildman–Crippen LogP) is 18.3. The summed E-state index contributed by atoms with van der Waals surface area (Å²) in [7, 11) is 0. The second-order valence-electron chi connectivity index (χ2n) is 27.4. The molecule has 3 aromatic heterocycles. The Bertz CT molecular complexity index is 4200. The van der Waals surface area contributed by atoms with Gasteiger partial charge in [-0.2, -0.15) is 0 Å². The van der Waals surface area contributed by atoms with Crippen molar-refractivity contribution in [1.82, 2.24) is 19.9 Å². The standard InChI is InChI=1S/C77H84N8O5/c1-74(39-17-5-18-40-74)70(87)82-54-29-13-9-25-50(54)65-58-33-34-59(78-58)66(51-26-10-14-30-55(51)83-71(88)75(2)41-19-6-20-42-75)61-37-38-63(80-61)68(53-28-12-16-32-57(53)85-73(90)77(4)45-23-8-24-46-77)69-49(48-86)47-64(81-69)67(62-36-35-60(65)79-62)52-27-11-15-31-56(52)84-72(89)76(3)43-21-7-22-44-76/h9-16,25-38,47,79-80,86H,5-8,17-24,39-46,48H2,1-4H3,(H,82,87)(H,83,88)(H,84,89)(H,85,90). The molecule has 4 amide bonds. The normalized spacial score (nSPS) is 18.2. The Morgan fingerprint density at radius 1 is 0.378 bits per heavy atom. The number of carbonyl (C=O) groups excluding carboxylic acids is 4. The molecule has 5 heterocycles. The summed E-state index contributed by atoms with van der Waals surface area (Å²) in [5.74, 6) is -0.103. The van der Waals surface area contributed by atoms with Crippen LogP contribution < -0.4 is 21.3 Å². The van der Waals surface area contributed by atoms with E-state index in [1.54, 1.807) is 0 Å². The first-order chi connectivity index (χ1) is 43.6. The number of benzene rings is 4. The van der Waals surface area contributed by atoms with E-state index in [0.717, 1.165) is 156 Å². The number of nitrogens with one attached hydrogen (secondary N) is 6. The molecule has 13 rings (SSSR count). The number of hydrogen-bond donors (Lipinski definition) is 7. The molecule has 7 N–H and O–H groups in total. The van der Waals surface area contributed by atoms with Crippen LogP contribution in [0, 0.1) is 21.7 Å². The fourth-order valence-corrected chi connectivity index (χ4v) is 15.2. The molecule has 0 radical (unpaired) electrons. The van der Waals surface area contributed by atoms with Crippen LogP contribution in [0.4, 0.5) is 22.7 Å². The van der Waals surface area contributed by atoms with Crippen molar-refractivity contribution < 1.29 is 24.3 Å². The summed E-state index contributed by atoms with van der Waals surface area (Å²) in [6, 6.07) is 39.7. The molecule has 0 atom stereocenters. The molecule has 4 aromatic carbocycles. The van der Waals surface area contributed by atoms with Gasteiger partial charge in [-0.15, -0.1) is 0 Å². The highest BCUT2D eigenvalue weighted by Gasteiger charge is 2.39. The van der Waals surface area contributed by atoms with E-state index in [0.29, 0.717) is 89.9 Å². The summed E-state index contributed by atoms with van der Waals surface area (Å²) in [5.41, 5.74) is 11.6. The van der Waals surface area contributed by atoms with Crippen molar-refractivity contribution in [1.29, 1.82) is 0 Å². The first-order valence-electron chi connectivity index (χ1n) is 33.1. The minimum absolute atomic E-state index is 0.0143. The first-order valence-corrected chi connectivity index (χ1v) is 33.1. The van der Waals surface area contributed by atoms with Gasteiger partial charge in [-0.05, 0) is 118 Å². The number of fused-ring (bicyclic) bond motifs is 8. The van der Waals surface area contributed by atoms with E-state index in [1.807, 2.05) is 140 Å². The van der Waals surface area contributed by atoms with Gasteiger partial charge in [0.25, 0.3) is 0 Å². The quantitative estimate of drug-likeness (QED) is 0.0597. The van der Waals surface area contributed by atoms with Crippen molar-refractivity contribution >= 4 is 92.2 Å². The average Bonchev–Trinajstić information content (AvgIpc) is 1.69. The molecule has 0 saturated heterocycles. The van der Waals surface area contributed by atoms with Crippen LogP contribution >= 0.6 is 0 Å². The Labute approximate surface area is 528 Å². The number of H-pyrrole nitrogens is 2. The van der Waals surface area contributed by atoms with Crippen LogP contribution in [-0.4, -0.2) is 55.3 Å². The number of carbonyl (C=O) groups is 4. The van der Waals surface area contributed by atoms with Crippen LogP contribution in [0.5, 0.6) is 0 Å². The summed E-state index contributed by atoms with van der Waals surface area (Å²) < 4.78 is 0. The lowest BCUT2D eigenvalue weighted by atomic mass is 9.75. The summed E-state index contributed by atoms with van der Waals surface area (Å²) in [4.78, 5) is 77.8. The number of amides is 4. The van der Waals surface area contributed by atoms with Gasteiger partial charge in [-0.1, -0.05) is 178 Å². The number of aromatic nitrogens is 4. The maximum absolute atomic E-state index is 14.7. The second-order valence-corrected chi connectivity index (χ2v) is 27.4. The summed E-state index contributed by atoms with van der Waals surface area (Å²) in [5, 5.41) is 25.5. The molecule has 13 heteroatoms. The molecule has 0 spiro atoms. The van der Waals surface area contributed by atoms with E-state index in [4.69, 9.17) is 9.97 Å². The lowest BCUT2D eigenvalue weighted by molar-refractivity contribution is -0.127. The fraction of sp³-hybridized carbons (Fsp3) is 0.377. The number of aliphatic hydroxyl groups is 1. The molecular formula is C77H84N8O5. The second kappa shape index (κ2) is 24.9. The highest BCUT2D eigenvalue weighted by molar-refractivity contribution is 6.10. The van der Waals surface area contributed by atoms with Gasteiger partial charge in [-0.25, -0.2) is 9.97 Å². The van der Waals surface area contributed by atoms with E-state index >= 15 is 0 Å². The lowest BCUT2D eigenvalue weighted by Gasteiger charge is -2.32. The van der Waals surface area contributed by atoms with Gasteiger partial charge in [0.15, 0.2) is 0 Å². The lowest BCUT2D eigenvalue weighted by Crippen LogP contribution is -2.35. The molecule has 0 unspecified atom stereocenters. The van der Waals surface area contributed by atoms with Crippen molar-refractivity contribution in [2.45, 2.75) is 156 Å². The van der Waals surface area contributed by atoms with Gasteiger partial charge in [0.2, 0.25) is 23.6 Å². The summed E-state index contributed by atoms with van der Waals surface area (Å²) in [6.07, 6.45) is 24.7. The van der Waals surface area contributed by atoms with E-state index in [-0.39, 0.29) is 30.2 Å². The van der Waals surface area contributed by atoms with Crippen LogP contribution in [0.3, 0.4) is 0 Å². The Morgan fingerprint density at radius 3 is 0.967 bits per heavy atom. The average molecular weight is 1200 g/mol. The van der Waals surface area contributed by atoms with Crippen molar-refractivity contribution in [3.8, 4) is 44.5 Å². The minimum Gasteiger partial charge on any atom is -0.392 e. The van der Waals surface area contributed by atoms with Gasteiger partial charge < -0.3 is 36.3 Å². The molecule has 90 heavy (non-hydrogen) atoms. The van der Waals surface area contributed by atoms with Gasteiger partial charge in [0.05, 0.1) is 29.4 Å². The highest BCUT2D eigenvalue weighted by atomic mass is 16.3. The smallest absolute Gasteiger partial charge is 0.230 e. The number of nitrogens with zero attached hydrogens (tertiary/aromatic N) is 2. The number of aromatic amines is 2. The topological polar surface area (TPSA) is 194 Å².